The predicted octanol–water partition coefficient (Wildman–Crippen LogP) is 3.16. The van der Waals surface area contributed by atoms with E-state index in [1.165, 1.54) is 0 Å². The summed E-state index contributed by atoms with van der Waals surface area (Å²) < 4.78 is 11.5. The van der Waals surface area contributed by atoms with Crippen molar-refractivity contribution in [2.45, 2.75) is 13.2 Å². The van der Waals surface area contributed by atoms with E-state index in [1.54, 1.807) is 13.2 Å². The third-order valence-corrected chi connectivity index (χ3v) is 3.19. The zero-order valence-corrected chi connectivity index (χ0v) is 11.5. The Hall–Kier alpha value is -1.46. The number of aliphatic hydroxyl groups is 1. The molecular weight excluding hydrogens is 298 g/mol. The quantitative estimate of drug-likeness (QED) is 0.890. The second kappa shape index (κ2) is 5.93. The molecule has 0 saturated carbocycles. The lowest BCUT2D eigenvalue weighted by molar-refractivity contribution is 0.244. The number of nitrogens with one attached hydrogen (secondary N) is 1. The molecule has 0 aliphatic heterocycles. The van der Waals surface area contributed by atoms with E-state index in [9.17, 15) is 0 Å². The maximum Gasteiger partial charge on any atom is 0.129 e. The Balaban J connectivity index is 2.05. The van der Waals surface area contributed by atoms with Crippen LogP contribution in [-0.2, 0) is 13.2 Å². The number of methoxy groups -OCH3 is 1. The molecule has 0 radical (unpaired) electrons. The van der Waals surface area contributed by atoms with Crippen molar-refractivity contribution in [3.63, 3.8) is 0 Å². The van der Waals surface area contributed by atoms with Gasteiger partial charge in [-0.2, -0.15) is 0 Å². The highest BCUT2D eigenvalue weighted by atomic mass is 79.9. The first-order valence-electron chi connectivity index (χ1n) is 5.49. The SMILES string of the molecule is COc1ccc(Br)c(NCc2ccc(CO)o2)c1. The van der Waals surface area contributed by atoms with Gasteiger partial charge in [0.2, 0.25) is 0 Å². The Labute approximate surface area is 114 Å². The second-order valence-electron chi connectivity index (χ2n) is 3.73. The van der Waals surface area contributed by atoms with Crippen LogP contribution in [0.2, 0.25) is 0 Å². The second-order valence-corrected chi connectivity index (χ2v) is 4.58. The minimum atomic E-state index is -0.0805. The third kappa shape index (κ3) is 3.05. The monoisotopic (exact) mass is 311 g/mol. The molecule has 5 heteroatoms. The van der Waals surface area contributed by atoms with Crippen LogP contribution in [-0.4, -0.2) is 12.2 Å². The van der Waals surface area contributed by atoms with Crippen LogP contribution in [0.5, 0.6) is 5.75 Å². The highest BCUT2D eigenvalue weighted by molar-refractivity contribution is 9.10. The Morgan fingerprint density at radius 1 is 1.28 bits per heavy atom. The van der Waals surface area contributed by atoms with Crippen molar-refractivity contribution in [2.24, 2.45) is 0 Å². The van der Waals surface area contributed by atoms with Gasteiger partial charge in [0, 0.05) is 10.5 Å². The first-order valence-corrected chi connectivity index (χ1v) is 6.28. The van der Waals surface area contributed by atoms with Crippen LogP contribution >= 0.6 is 15.9 Å². The maximum absolute atomic E-state index is 8.91. The molecule has 0 spiro atoms. The maximum atomic E-state index is 8.91. The van der Waals surface area contributed by atoms with Crippen LogP contribution < -0.4 is 10.1 Å². The lowest BCUT2D eigenvalue weighted by Crippen LogP contribution is -1.99. The molecule has 0 unspecified atom stereocenters. The molecule has 0 fully saturated rings. The molecule has 4 nitrogen and oxygen atoms in total. The van der Waals surface area contributed by atoms with Gasteiger partial charge in [0.05, 0.1) is 19.3 Å². The number of halogens is 1. The molecule has 0 bridgehead atoms. The van der Waals surface area contributed by atoms with Crippen molar-refractivity contribution in [3.8, 4) is 5.75 Å². The zero-order chi connectivity index (χ0) is 13.0. The topological polar surface area (TPSA) is 54.6 Å². The van der Waals surface area contributed by atoms with Crippen LogP contribution in [0.1, 0.15) is 11.5 Å². The Morgan fingerprint density at radius 3 is 2.72 bits per heavy atom. The van der Waals surface area contributed by atoms with Crippen LogP contribution in [0.15, 0.2) is 39.2 Å². The molecule has 0 aliphatic carbocycles. The highest BCUT2D eigenvalue weighted by Gasteiger charge is 2.04. The van der Waals surface area contributed by atoms with Gasteiger partial charge in [0.25, 0.3) is 0 Å². The minimum Gasteiger partial charge on any atom is -0.497 e. The van der Waals surface area contributed by atoms with Crippen LogP contribution in [0.3, 0.4) is 0 Å². The Kier molecular flexibility index (Phi) is 4.28. The van der Waals surface area contributed by atoms with E-state index >= 15 is 0 Å². The van der Waals surface area contributed by atoms with E-state index in [-0.39, 0.29) is 6.61 Å². The number of benzene rings is 1. The van der Waals surface area contributed by atoms with Crippen molar-refractivity contribution in [3.05, 3.63) is 46.3 Å². The van der Waals surface area contributed by atoms with Crippen molar-refractivity contribution in [2.75, 3.05) is 12.4 Å². The molecule has 0 saturated heterocycles. The lowest BCUT2D eigenvalue weighted by atomic mass is 10.3. The highest BCUT2D eigenvalue weighted by Crippen LogP contribution is 2.27. The molecule has 2 aromatic rings. The van der Waals surface area contributed by atoms with Crippen LogP contribution in [0.25, 0.3) is 0 Å². The first kappa shape index (κ1) is 13.0. The van der Waals surface area contributed by atoms with E-state index in [2.05, 4.69) is 21.2 Å². The number of hydrogen-bond acceptors (Lipinski definition) is 4. The summed E-state index contributed by atoms with van der Waals surface area (Å²) in [5.41, 5.74) is 0.927. The molecular formula is C13H14BrNO3. The summed E-state index contributed by atoms with van der Waals surface area (Å²) in [6.45, 7) is 0.467. The van der Waals surface area contributed by atoms with E-state index in [4.69, 9.17) is 14.3 Å². The zero-order valence-electron chi connectivity index (χ0n) is 9.94. The van der Waals surface area contributed by atoms with Gasteiger partial charge in [-0.25, -0.2) is 0 Å². The molecule has 2 rings (SSSR count). The molecule has 1 heterocycles. The van der Waals surface area contributed by atoms with Gasteiger partial charge in [-0.15, -0.1) is 0 Å². The minimum absolute atomic E-state index is 0.0805. The molecule has 0 atom stereocenters. The van der Waals surface area contributed by atoms with Crippen molar-refractivity contribution >= 4 is 21.6 Å². The van der Waals surface area contributed by atoms with Crippen LogP contribution in [0.4, 0.5) is 5.69 Å². The number of rotatable bonds is 5. The summed E-state index contributed by atoms with van der Waals surface area (Å²) in [6, 6.07) is 9.30. The van der Waals surface area contributed by atoms with E-state index in [0.717, 1.165) is 21.7 Å². The van der Waals surface area contributed by atoms with Gasteiger partial charge in [-0.05, 0) is 40.2 Å². The fraction of sp³-hybridized carbons (Fsp3) is 0.231. The van der Waals surface area contributed by atoms with Gasteiger partial charge in [0.15, 0.2) is 0 Å². The fourth-order valence-corrected chi connectivity index (χ4v) is 1.94. The normalized spacial score (nSPS) is 10.4. The lowest BCUT2D eigenvalue weighted by Gasteiger charge is -2.09. The van der Waals surface area contributed by atoms with Gasteiger partial charge in [-0.3, -0.25) is 0 Å². The standard InChI is InChI=1S/C13H14BrNO3/c1-17-9-4-5-12(14)13(6-9)15-7-10-2-3-11(8-16)18-10/h2-6,15-16H,7-8H2,1H3. The van der Waals surface area contributed by atoms with Gasteiger partial charge < -0.3 is 19.6 Å². The van der Waals surface area contributed by atoms with E-state index in [0.29, 0.717) is 12.3 Å². The summed E-state index contributed by atoms with van der Waals surface area (Å²) in [5, 5.41) is 12.1. The molecule has 0 aliphatic rings. The molecule has 0 amide bonds. The largest absolute Gasteiger partial charge is 0.497 e. The van der Waals surface area contributed by atoms with Gasteiger partial charge >= 0.3 is 0 Å². The smallest absolute Gasteiger partial charge is 0.129 e. The summed E-state index contributed by atoms with van der Waals surface area (Å²) >= 11 is 3.46. The number of anilines is 1. The van der Waals surface area contributed by atoms with Gasteiger partial charge in [-0.1, -0.05) is 0 Å². The average molecular weight is 312 g/mol. The summed E-state index contributed by atoms with van der Waals surface area (Å²) in [4.78, 5) is 0. The number of ether oxygens (including phenoxy) is 1. The van der Waals surface area contributed by atoms with Gasteiger partial charge in [0.1, 0.15) is 23.9 Å². The van der Waals surface area contributed by atoms with E-state index in [1.807, 2.05) is 24.3 Å². The summed E-state index contributed by atoms with van der Waals surface area (Å²) in [7, 11) is 1.63. The number of aliphatic hydroxyl groups excluding tert-OH is 1. The molecule has 1 aromatic carbocycles. The Bertz CT molecular complexity index is 525. The van der Waals surface area contributed by atoms with E-state index < -0.39 is 0 Å². The van der Waals surface area contributed by atoms with Crippen molar-refractivity contribution < 1.29 is 14.3 Å². The third-order valence-electron chi connectivity index (χ3n) is 2.50. The molecule has 1 aromatic heterocycles. The predicted molar refractivity (Wildman–Crippen MR) is 72.7 cm³/mol. The summed E-state index contributed by atoms with van der Waals surface area (Å²) in [6.07, 6.45) is 0. The van der Waals surface area contributed by atoms with Crippen LogP contribution in [0, 0.1) is 0 Å². The van der Waals surface area contributed by atoms with Crippen molar-refractivity contribution in [1.29, 1.82) is 0 Å². The molecule has 96 valence electrons. The number of furan rings is 1. The molecule has 18 heavy (non-hydrogen) atoms. The average Bonchev–Trinajstić information content (AvgIpc) is 2.86. The first-order chi connectivity index (χ1) is 8.72. The summed E-state index contributed by atoms with van der Waals surface area (Å²) in [5.74, 6) is 2.13. The Morgan fingerprint density at radius 2 is 2.06 bits per heavy atom. The number of hydrogen-bond donors (Lipinski definition) is 2. The van der Waals surface area contributed by atoms with Crippen molar-refractivity contribution in [1.82, 2.24) is 0 Å². The molecule has 2 N–H and O–H groups in total. The fourth-order valence-electron chi connectivity index (χ4n) is 1.55.